The zero-order chi connectivity index (χ0) is 21.0. The number of anilines is 1. The molecule has 0 atom stereocenters. The number of nitrogens with one attached hydrogen (secondary N) is 1. The summed E-state index contributed by atoms with van der Waals surface area (Å²) in [6.45, 7) is 7.42. The molecular formula is C22H26N4O3. The molecule has 0 saturated heterocycles. The van der Waals surface area contributed by atoms with E-state index in [1.165, 1.54) is 18.0 Å². The third kappa shape index (κ3) is 4.08. The highest BCUT2D eigenvalue weighted by atomic mass is 16.2. The van der Waals surface area contributed by atoms with Crippen molar-refractivity contribution in [2.75, 3.05) is 11.4 Å². The lowest BCUT2D eigenvalue weighted by molar-refractivity contribution is 0.0950. The molecule has 1 aromatic heterocycles. The van der Waals surface area contributed by atoms with Crippen LogP contribution in [0.25, 0.3) is 0 Å². The lowest BCUT2D eigenvalue weighted by atomic mass is 9.95. The minimum Gasteiger partial charge on any atom is -0.363 e. The Bertz CT molecular complexity index is 1090. The van der Waals surface area contributed by atoms with E-state index in [0.717, 1.165) is 24.1 Å². The fourth-order valence-electron chi connectivity index (χ4n) is 3.49. The molecule has 0 aliphatic carbocycles. The Kier molecular flexibility index (Phi) is 6.16. The van der Waals surface area contributed by atoms with Crippen LogP contribution in [0.15, 0.2) is 46.2 Å². The van der Waals surface area contributed by atoms with Crippen LogP contribution in [-0.4, -0.2) is 22.6 Å². The standard InChI is InChI=1S/C20H18N4O3.C2H6.H2/c1-12-17(19(26)18(12)25)24-7-5-14-3-2-13(8-16(14)11-24)9-21-20(27)15-4-6-22-23-10-15;1-2;/h2-4,6,8,10H,5,7,9,11H2,1H3,(H,21,27);1-2H3;1H. The summed E-state index contributed by atoms with van der Waals surface area (Å²) in [5.41, 5.74) is 4.13. The predicted molar refractivity (Wildman–Crippen MR) is 114 cm³/mol. The second-order valence-electron chi connectivity index (χ2n) is 6.72. The van der Waals surface area contributed by atoms with Crippen LogP contribution in [-0.2, 0) is 19.5 Å². The molecule has 1 N–H and O–H groups in total. The van der Waals surface area contributed by atoms with Crippen molar-refractivity contribution in [2.24, 2.45) is 0 Å². The highest BCUT2D eigenvalue weighted by molar-refractivity contribution is 5.93. The van der Waals surface area contributed by atoms with Gasteiger partial charge in [0.1, 0.15) is 0 Å². The van der Waals surface area contributed by atoms with E-state index in [0.29, 0.717) is 29.9 Å². The summed E-state index contributed by atoms with van der Waals surface area (Å²) in [5, 5.41) is 10.2. The van der Waals surface area contributed by atoms with Gasteiger partial charge in [0.05, 0.1) is 23.6 Å². The van der Waals surface area contributed by atoms with E-state index in [-0.39, 0.29) is 18.2 Å². The van der Waals surface area contributed by atoms with Gasteiger partial charge in [-0.25, -0.2) is 0 Å². The minimum absolute atomic E-state index is 0. The van der Waals surface area contributed by atoms with Gasteiger partial charge < -0.3 is 10.2 Å². The average molecular weight is 394 g/mol. The first kappa shape index (κ1) is 20.4. The molecule has 2 heterocycles. The molecule has 0 radical (unpaired) electrons. The van der Waals surface area contributed by atoms with Crippen molar-refractivity contribution in [1.82, 2.24) is 15.5 Å². The van der Waals surface area contributed by atoms with Crippen LogP contribution < -0.4 is 21.1 Å². The zero-order valence-electron chi connectivity index (χ0n) is 16.9. The van der Waals surface area contributed by atoms with Crippen molar-refractivity contribution in [3.63, 3.8) is 0 Å². The zero-order valence-corrected chi connectivity index (χ0v) is 16.9. The molecule has 29 heavy (non-hydrogen) atoms. The lowest BCUT2D eigenvalue weighted by Gasteiger charge is -2.32. The summed E-state index contributed by atoms with van der Waals surface area (Å²) < 4.78 is 0. The molecule has 1 aliphatic rings. The number of fused-ring (bicyclic) bond motifs is 1. The van der Waals surface area contributed by atoms with Crippen molar-refractivity contribution in [2.45, 2.75) is 40.3 Å². The van der Waals surface area contributed by atoms with Crippen LogP contribution in [0, 0.1) is 6.92 Å². The van der Waals surface area contributed by atoms with Crippen molar-refractivity contribution in [3.8, 4) is 0 Å². The Labute approximate surface area is 170 Å². The highest BCUT2D eigenvalue weighted by Gasteiger charge is 2.25. The van der Waals surface area contributed by atoms with Crippen LogP contribution in [0.2, 0.25) is 0 Å². The Morgan fingerprint density at radius 3 is 2.62 bits per heavy atom. The summed E-state index contributed by atoms with van der Waals surface area (Å²) >= 11 is 0. The third-order valence-corrected chi connectivity index (χ3v) is 5.02. The molecule has 1 aliphatic heterocycles. The molecule has 0 unspecified atom stereocenters. The van der Waals surface area contributed by atoms with E-state index >= 15 is 0 Å². The smallest absolute Gasteiger partial charge is 0.253 e. The van der Waals surface area contributed by atoms with E-state index < -0.39 is 0 Å². The summed E-state index contributed by atoms with van der Waals surface area (Å²) in [4.78, 5) is 37.5. The number of amides is 1. The van der Waals surface area contributed by atoms with Gasteiger partial charge >= 0.3 is 0 Å². The first-order valence-corrected chi connectivity index (χ1v) is 9.75. The third-order valence-electron chi connectivity index (χ3n) is 5.02. The number of benzene rings is 1. The van der Waals surface area contributed by atoms with E-state index in [4.69, 9.17) is 0 Å². The fraction of sp³-hybridized carbons (Fsp3) is 0.318. The number of carbonyl (C=O) groups excluding carboxylic acids is 1. The predicted octanol–water partition coefficient (Wildman–Crippen LogP) is 2.15. The SMILES string of the molecule is CC.Cc1c(N2CCc3ccc(CNC(=O)c4ccnnc4)cc3C2)c(=O)c1=O.[HH]. The maximum atomic E-state index is 12.1. The molecule has 2 aromatic carbocycles. The maximum absolute atomic E-state index is 12.1. The van der Waals surface area contributed by atoms with Crippen molar-refractivity contribution < 1.29 is 6.22 Å². The van der Waals surface area contributed by atoms with Crippen molar-refractivity contribution >= 4 is 11.6 Å². The molecule has 0 spiro atoms. The van der Waals surface area contributed by atoms with Gasteiger partial charge in [0, 0.05) is 26.6 Å². The van der Waals surface area contributed by atoms with Gasteiger partial charge in [-0.05, 0) is 36.1 Å². The van der Waals surface area contributed by atoms with Gasteiger partial charge in [0.15, 0.2) is 0 Å². The van der Waals surface area contributed by atoms with Crippen molar-refractivity contribution in [1.29, 1.82) is 0 Å². The quantitative estimate of drug-likeness (QED) is 0.682. The van der Waals surface area contributed by atoms with E-state index in [9.17, 15) is 14.4 Å². The summed E-state index contributed by atoms with van der Waals surface area (Å²) in [6.07, 6.45) is 3.72. The number of rotatable bonds is 4. The topological polar surface area (TPSA) is 92.3 Å². The fourth-order valence-corrected chi connectivity index (χ4v) is 3.49. The van der Waals surface area contributed by atoms with Crippen LogP contribution in [0.1, 0.15) is 47.9 Å². The molecular weight excluding hydrogens is 368 g/mol. The van der Waals surface area contributed by atoms with E-state index in [1.807, 2.05) is 30.9 Å². The van der Waals surface area contributed by atoms with Crippen LogP contribution in [0.4, 0.5) is 5.69 Å². The van der Waals surface area contributed by atoms with E-state index in [2.05, 4.69) is 21.6 Å². The van der Waals surface area contributed by atoms with Gasteiger partial charge in [0.25, 0.3) is 5.91 Å². The Morgan fingerprint density at radius 1 is 1.14 bits per heavy atom. The molecule has 4 rings (SSSR count). The van der Waals surface area contributed by atoms with Crippen molar-refractivity contribution in [3.05, 3.63) is 84.9 Å². The molecule has 1 amide bonds. The second kappa shape index (κ2) is 8.77. The molecule has 3 aromatic rings. The molecule has 0 fully saturated rings. The van der Waals surface area contributed by atoms with Gasteiger partial charge in [0.2, 0.25) is 10.9 Å². The first-order valence-electron chi connectivity index (χ1n) is 9.75. The summed E-state index contributed by atoms with van der Waals surface area (Å²) in [7, 11) is 0. The number of hydrogen-bond donors (Lipinski definition) is 1. The van der Waals surface area contributed by atoms with Gasteiger partial charge in [-0.1, -0.05) is 32.0 Å². The number of hydrogen-bond acceptors (Lipinski definition) is 6. The molecule has 152 valence electrons. The van der Waals surface area contributed by atoms with Gasteiger partial charge in [-0.2, -0.15) is 10.2 Å². The average Bonchev–Trinajstić information content (AvgIpc) is 2.79. The Morgan fingerprint density at radius 2 is 1.93 bits per heavy atom. The lowest BCUT2D eigenvalue weighted by Crippen LogP contribution is -2.44. The van der Waals surface area contributed by atoms with Crippen LogP contribution in [0.5, 0.6) is 0 Å². The largest absolute Gasteiger partial charge is 0.363 e. The van der Waals surface area contributed by atoms with Crippen LogP contribution in [0.3, 0.4) is 0 Å². The van der Waals surface area contributed by atoms with Gasteiger partial charge in [-0.3, -0.25) is 14.4 Å². The second-order valence-corrected chi connectivity index (χ2v) is 6.72. The number of carbonyl (C=O) groups is 1. The minimum atomic E-state index is -0.384. The maximum Gasteiger partial charge on any atom is 0.253 e. The molecule has 0 bridgehead atoms. The van der Waals surface area contributed by atoms with Gasteiger partial charge in [-0.15, -0.1) is 0 Å². The summed E-state index contributed by atoms with van der Waals surface area (Å²) in [6, 6.07) is 7.73. The monoisotopic (exact) mass is 394 g/mol. The molecule has 0 saturated carbocycles. The highest BCUT2D eigenvalue weighted by Crippen LogP contribution is 2.25. The Hall–Kier alpha value is -3.35. The molecule has 7 heteroatoms. The number of nitrogens with zero attached hydrogens (tertiary/aromatic N) is 3. The van der Waals surface area contributed by atoms with E-state index in [1.54, 1.807) is 13.0 Å². The van der Waals surface area contributed by atoms with Crippen LogP contribution >= 0.6 is 0 Å². The Balaban J connectivity index is 0.00000104. The normalized spacial score (nSPS) is 12.7. The summed E-state index contributed by atoms with van der Waals surface area (Å²) in [5.74, 6) is -0.205. The first-order chi connectivity index (χ1) is 14.0. The number of aromatic nitrogens is 2. The molecule has 7 nitrogen and oxygen atoms in total.